The number of ether oxygens (including phenoxy) is 4. The average Bonchev–Trinajstić information content (AvgIpc) is 2.94. The van der Waals surface area contributed by atoms with E-state index in [9.17, 15) is 14.7 Å². The molecule has 0 fully saturated rings. The number of hydrogen-bond acceptors (Lipinski definition) is 8. The Kier molecular flexibility index (Phi) is 11.6. The number of methoxy groups -OCH3 is 2. The van der Waals surface area contributed by atoms with Crippen molar-refractivity contribution in [3.63, 3.8) is 0 Å². The second kappa shape index (κ2) is 15.1. The van der Waals surface area contributed by atoms with Crippen LogP contribution >= 0.6 is 0 Å². The number of hydrogen-bond donors (Lipinski definition) is 3. The molecule has 9 nitrogen and oxygen atoms in total. The Labute approximate surface area is 241 Å². The number of anilines is 1. The zero-order valence-corrected chi connectivity index (χ0v) is 24.4. The molecular weight excluding hydrogens is 524 g/mol. The summed E-state index contributed by atoms with van der Waals surface area (Å²) in [6.07, 6.45) is -0.481. The maximum Gasteiger partial charge on any atom is 0.408 e. The van der Waals surface area contributed by atoms with E-state index in [0.29, 0.717) is 18.9 Å². The molecule has 0 aliphatic carbocycles. The fourth-order valence-electron chi connectivity index (χ4n) is 4.14. The van der Waals surface area contributed by atoms with Crippen molar-refractivity contribution in [2.45, 2.75) is 45.4 Å². The van der Waals surface area contributed by atoms with Crippen LogP contribution in [0.25, 0.3) is 11.1 Å². The molecule has 220 valence electrons. The maximum absolute atomic E-state index is 12.4. The minimum atomic E-state index is -0.652. The van der Waals surface area contributed by atoms with E-state index in [-0.39, 0.29) is 25.6 Å². The number of amides is 1. The van der Waals surface area contributed by atoms with Crippen LogP contribution in [0.3, 0.4) is 0 Å². The van der Waals surface area contributed by atoms with E-state index in [4.69, 9.17) is 18.9 Å². The molecule has 0 saturated carbocycles. The summed E-state index contributed by atoms with van der Waals surface area (Å²) in [6, 6.07) is 20.4. The summed E-state index contributed by atoms with van der Waals surface area (Å²) < 4.78 is 21.5. The second-order valence-corrected chi connectivity index (χ2v) is 10.5. The minimum Gasteiger partial charge on any atom is -0.489 e. The molecule has 3 rings (SSSR count). The van der Waals surface area contributed by atoms with Crippen molar-refractivity contribution in [1.82, 2.24) is 5.32 Å². The van der Waals surface area contributed by atoms with E-state index < -0.39 is 17.7 Å². The summed E-state index contributed by atoms with van der Waals surface area (Å²) in [4.78, 5) is 24.2. The van der Waals surface area contributed by atoms with Gasteiger partial charge in [0.2, 0.25) is 0 Å². The molecule has 0 bridgehead atoms. The number of aliphatic hydroxyl groups excluding tert-OH is 1. The van der Waals surface area contributed by atoms with E-state index >= 15 is 0 Å². The fourth-order valence-corrected chi connectivity index (χ4v) is 4.14. The Bertz CT molecular complexity index is 1300. The van der Waals surface area contributed by atoms with Crippen LogP contribution in [-0.2, 0) is 32.0 Å². The summed E-state index contributed by atoms with van der Waals surface area (Å²) in [7, 11) is 3.01. The summed E-state index contributed by atoms with van der Waals surface area (Å²) >= 11 is 0. The van der Waals surface area contributed by atoms with Crippen LogP contribution in [0, 0.1) is 0 Å². The van der Waals surface area contributed by atoms with Gasteiger partial charge in [-0.05, 0) is 73.4 Å². The molecule has 41 heavy (non-hydrogen) atoms. The zero-order chi connectivity index (χ0) is 29.8. The monoisotopic (exact) mass is 564 g/mol. The summed E-state index contributed by atoms with van der Waals surface area (Å²) in [5.41, 5.74) is 4.44. The van der Waals surface area contributed by atoms with E-state index in [2.05, 4.69) is 10.6 Å². The van der Waals surface area contributed by atoms with E-state index in [1.165, 1.54) is 7.11 Å². The standard InChI is InChI=1S/C32H40N2O7/c1-32(2,3)41-31(37)34-28(20-35)24-11-8-10-23(17-24)26-15-22(16-27(18-26)33-13-14-38-4)21-40-29-12-7-6-9-25(29)19-30(36)39-5/h6-12,15-18,28,33,35H,13-14,19-21H2,1-5H3,(H,34,37). The Hall–Kier alpha value is -4.08. The molecule has 0 aromatic heterocycles. The summed E-state index contributed by atoms with van der Waals surface area (Å²) in [5, 5.41) is 16.2. The van der Waals surface area contributed by atoms with Crippen molar-refractivity contribution in [1.29, 1.82) is 0 Å². The number of para-hydroxylation sites is 1. The van der Waals surface area contributed by atoms with Crippen molar-refractivity contribution in [3.8, 4) is 16.9 Å². The third kappa shape index (κ3) is 10.1. The summed E-state index contributed by atoms with van der Waals surface area (Å²) in [6.45, 7) is 6.50. The van der Waals surface area contributed by atoms with Gasteiger partial charge in [-0.3, -0.25) is 4.79 Å². The lowest BCUT2D eigenvalue weighted by Crippen LogP contribution is -2.36. The SMILES string of the molecule is COCCNc1cc(COc2ccccc2CC(=O)OC)cc(-c2cccc(C(CO)NC(=O)OC(C)(C)C)c2)c1. The van der Waals surface area contributed by atoms with Crippen molar-refractivity contribution in [2.75, 3.05) is 39.3 Å². The number of carbonyl (C=O) groups excluding carboxylic acids is 2. The van der Waals surface area contributed by atoms with E-state index in [1.807, 2.05) is 66.7 Å². The van der Waals surface area contributed by atoms with Crippen molar-refractivity contribution in [3.05, 3.63) is 83.4 Å². The van der Waals surface area contributed by atoms with Gasteiger partial charge >= 0.3 is 12.1 Å². The van der Waals surface area contributed by atoms with Gasteiger partial charge in [-0.2, -0.15) is 0 Å². The molecule has 3 aromatic carbocycles. The Balaban J connectivity index is 1.88. The predicted octanol–water partition coefficient (Wildman–Crippen LogP) is 5.26. The number of alkyl carbamates (subject to hydrolysis) is 1. The largest absolute Gasteiger partial charge is 0.489 e. The molecule has 1 amide bonds. The molecule has 3 aromatic rings. The Morgan fingerprint density at radius 3 is 2.44 bits per heavy atom. The second-order valence-electron chi connectivity index (χ2n) is 10.5. The van der Waals surface area contributed by atoms with Crippen LogP contribution < -0.4 is 15.4 Å². The molecule has 0 heterocycles. The van der Waals surface area contributed by atoms with Crippen LogP contribution in [0.1, 0.15) is 43.5 Å². The predicted molar refractivity (Wildman–Crippen MR) is 158 cm³/mol. The van der Waals surface area contributed by atoms with Gasteiger partial charge < -0.3 is 34.7 Å². The minimum absolute atomic E-state index is 0.118. The van der Waals surface area contributed by atoms with Gasteiger partial charge in [-0.1, -0.05) is 36.4 Å². The molecule has 0 aliphatic heterocycles. The number of esters is 1. The molecular formula is C32H40N2O7. The lowest BCUT2D eigenvalue weighted by atomic mass is 9.98. The molecule has 0 radical (unpaired) electrons. The van der Waals surface area contributed by atoms with Gasteiger partial charge in [0.05, 0.1) is 32.8 Å². The molecule has 3 N–H and O–H groups in total. The zero-order valence-electron chi connectivity index (χ0n) is 24.4. The van der Waals surface area contributed by atoms with Crippen LogP contribution in [-0.4, -0.2) is 56.7 Å². The molecule has 1 unspecified atom stereocenters. The van der Waals surface area contributed by atoms with Gasteiger partial charge in [0.15, 0.2) is 0 Å². The first-order valence-corrected chi connectivity index (χ1v) is 13.5. The summed E-state index contributed by atoms with van der Waals surface area (Å²) in [5.74, 6) is 0.271. The van der Waals surface area contributed by atoms with E-state index in [0.717, 1.165) is 33.5 Å². The van der Waals surface area contributed by atoms with Gasteiger partial charge in [0.25, 0.3) is 0 Å². The first-order chi connectivity index (χ1) is 19.6. The normalized spacial score (nSPS) is 11.9. The number of aliphatic hydroxyl groups is 1. The van der Waals surface area contributed by atoms with Crippen LogP contribution in [0.2, 0.25) is 0 Å². The third-order valence-electron chi connectivity index (χ3n) is 6.05. The van der Waals surface area contributed by atoms with Crippen LogP contribution in [0.4, 0.5) is 10.5 Å². The first kappa shape index (κ1) is 31.4. The molecule has 0 saturated heterocycles. The highest BCUT2D eigenvalue weighted by molar-refractivity contribution is 5.73. The molecule has 0 aliphatic rings. The van der Waals surface area contributed by atoms with Gasteiger partial charge in [0, 0.05) is 24.9 Å². The van der Waals surface area contributed by atoms with Crippen molar-refractivity contribution < 1.29 is 33.6 Å². The number of rotatable bonds is 13. The molecule has 1 atom stereocenters. The highest BCUT2D eigenvalue weighted by Crippen LogP contribution is 2.29. The first-order valence-electron chi connectivity index (χ1n) is 13.5. The molecule has 9 heteroatoms. The van der Waals surface area contributed by atoms with Crippen LogP contribution in [0.5, 0.6) is 5.75 Å². The van der Waals surface area contributed by atoms with Crippen molar-refractivity contribution in [2.24, 2.45) is 0 Å². The van der Waals surface area contributed by atoms with E-state index in [1.54, 1.807) is 27.9 Å². The quantitative estimate of drug-likeness (QED) is 0.190. The maximum atomic E-state index is 12.4. The van der Waals surface area contributed by atoms with Crippen molar-refractivity contribution >= 4 is 17.7 Å². The van der Waals surface area contributed by atoms with Gasteiger partial charge in [0.1, 0.15) is 18.0 Å². The Morgan fingerprint density at radius 1 is 0.951 bits per heavy atom. The highest BCUT2D eigenvalue weighted by atomic mass is 16.6. The lowest BCUT2D eigenvalue weighted by molar-refractivity contribution is -0.139. The topological polar surface area (TPSA) is 115 Å². The lowest BCUT2D eigenvalue weighted by Gasteiger charge is -2.23. The third-order valence-corrected chi connectivity index (χ3v) is 6.05. The number of benzene rings is 3. The fraction of sp³-hybridized carbons (Fsp3) is 0.375. The van der Waals surface area contributed by atoms with Gasteiger partial charge in [-0.25, -0.2) is 4.79 Å². The smallest absolute Gasteiger partial charge is 0.408 e. The number of carbonyl (C=O) groups is 2. The van der Waals surface area contributed by atoms with Gasteiger partial charge in [-0.15, -0.1) is 0 Å². The average molecular weight is 565 g/mol. The highest BCUT2D eigenvalue weighted by Gasteiger charge is 2.20. The number of nitrogens with one attached hydrogen (secondary N) is 2. The Morgan fingerprint density at radius 2 is 1.73 bits per heavy atom. The molecule has 0 spiro atoms. The van der Waals surface area contributed by atoms with Crippen LogP contribution in [0.15, 0.2) is 66.7 Å².